The van der Waals surface area contributed by atoms with E-state index in [9.17, 15) is 24.3 Å². The number of benzene rings is 3. The molecular formula is C33H26Cl2N2O5. The molecule has 6 unspecified atom stereocenters. The average Bonchev–Trinajstić information content (AvgIpc) is 3.34. The highest BCUT2D eigenvalue weighted by Gasteiger charge is 2.67. The van der Waals surface area contributed by atoms with Gasteiger partial charge in [0, 0.05) is 16.0 Å². The number of halogens is 2. The van der Waals surface area contributed by atoms with Crippen LogP contribution >= 0.6 is 23.2 Å². The zero-order chi connectivity index (χ0) is 29.5. The summed E-state index contributed by atoms with van der Waals surface area (Å²) in [6.45, 7) is 1.81. The quantitative estimate of drug-likeness (QED) is 0.288. The van der Waals surface area contributed by atoms with Gasteiger partial charge in [-0.2, -0.15) is 0 Å². The number of carbonyl (C=O) groups excluding carboxylic acids is 4. The molecule has 6 atom stereocenters. The molecule has 212 valence electrons. The Morgan fingerprint density at radius 3 is 2.19 bits per heavy atom. The first-order valence-electron chi connectivity index (χ1n) is 13.9. The highest BCUT2D eigenvalue weighted by molar-refractivity contribution is 6.32. The van der Waals surface area contributed by atoms with Crippen LogP contribution in [-0.4, -0.2) is 28.7 Å². The van der Waals surface area contributed by atoms with Crippen LogP contribution in [0, 0.1) is 29.1 Å². The lowest BCUT2D eigenvalue weighted by molar-refractivity contribution is -0.131. The van der Waals surface area contributed by atoms with Crippen molar-refractivity contribution in [3.8, 4) is 5.75 Å². The second kappa shape index (κ2) is 9.54. The molecule has 42 heavy (non-hydrogen) atoms. The minimum Gasteiger partial charge on any atom is -0.508 e. The average molecular weight is 601 g/mol. The van der Waals surface area contributed by atoms with Crippen molar-refractivity contribution in [1.82, 2.24) is 0 Å². The summed E-state index contributed by atoms with van der Waals surface area (Å²) in [4.78, 5) is 58.7. The smallest absolute Gasteiger partial charge is 0.241 e. The molecule has 7 nitrogen and oxygen atoms in total. The van der Waals surface area contributed by atoms with Crippen LogP contribution in [0.4, 0.5) is 11.4 Å². The molecule has 4 amide bonds. The normalized spacial score (nSPS) is 30.3. The number of hydrogen-bond donors (Lipinski definition) is 1. The maximum Gasteiger partial charge on any atom is 0.241 e. The third-order valence-corrected chi connectivity index (χ3v) is 10.2. The van der Waals surface area contributed by atoms with Gasteiger partial charge in [-0.3, -0.25) is 24.1 Å². The van der Waals surface area contributed by atoms with Gasteiger partial charge in [0.25, 0.3) is 0 Å². The number of para-hydroxylation sites is 1. The number of carbonyl (C=O) groups is 4. The van der Waals surface area contributed by atoms with Crippen molar-refractivity contribution in [2.75, 3.05) is 9.80 Å². The molecule has 0 aromatic heterocycles. The van der Waals surface area contributed by atoms with E-state index in [1.807, 2.05) is 12.1 Å². The number of allylic oxidation sites excluding steroid dienone is 2. The van der Waals surface area contributed by atoms with Crippen molar-refractivity contribution >= 4 is 58.2 Å². The largest absolute Gasteiger partial charge is 0.508 e. The standard InChI is InChI=1S/C33H26Cl2N2O5/c1-33-25(30(40)37(32(33)42)18-5-3-2-4-6-18)16-24-21(28(33)22-12-11-20(38)15-26(22)35)13-14-23-27(24)31(41)36(29(23)39)19-9-7-17(34)8-10-19/h2-13,15,23-25,27-28,38H,14,16H2,1H3. The number of amides is 4. The van der Waals surface area contributed by atoms with Crippen molar-refractivity contribution in [3.63, 3.8) is 0 Å². The maximum atomic E-state index is 14.4. The maximum absolute atomic E-state index is 14.4. The summed E-state index contributed by atoms with van der Waals surface area (Å²) in [5, 5.41) is 10.9. The summed E-state index contributed by atoms with van der Waals surface area (Å²) in [7, 11) is 0. The van der Waals surface area contributed by atoms with Gasteiger partial charge in [-0.05, 0) is 79.8 Å². The zero-order valence-electron chi connectivity index (χ0n) is 22.5. The highest BCUT2D eigenvalue weighted by Crippen LogP contribution is 2.64. The third-order valence-electron chi connectivity index (χ3n) is 9.67. The van der Waals surface area contributed by atoms with Crippen LogP contribution in [0.2, 0.25) is 10.0 Å². The van der Waals surface area contributed by atoms with E-state index in [4.69, 9.17) is 23.2 Å². The molecule has 1 saturated carbocycles. The summed E-state index contributed by atoms with van der Waals surface area (Å²) in [5.74, 6) is -4.43. The number of imide groups is 2. The molecule has 2 aliphatic heterocycles. The minimum absolute atomic E-state index is 0.0228. The zero-order valence-corrected chi connectivity index (χ0v) is 24.0. The molecule has 1 N–H and O–H groups in total. The van der Waals surface area contributed by atoms with E-state index in [0.29, 0.717) is 28.4 Å². The number of nitrogens with zero attached hydrogens (tertiary/aromatic N) is 2. The third kappa shape index (κ3) is 3.66. The fraction of sp³-hybridized carbons (Fsp3) is 0.273. The molecule has 3 aromatic rings. The first-order valence-corrected chi connectivity index (χ1v) is 14.6. The SMILES string of the molecule is CC12C(=O)N(c3ccccc3)C(=O)C1CC1C(=CCC3C(=O)N(c4ccc(Cl)cc4)C(=O)C31)C2c1ccc(O)cc1Cl. The number of fused-ring (bicyclic) bond motifs is 4. The van der Waals surface area contributed by atoms with Gasteiger partial charge in [-0.15, -0.1) is 0 Å². The summed E-state index contributed by atoms with van der Waals surface area (Å²) in [5.41, 5.74) is 1.15. The van der Waals surface area contributed by atoms with Crippen LogP contribution in [0.5, 0.6) is 5.75 Å². The van der Waals surface area contributed by atoms with E-state index in [0.717, 1.165) is 5.57 Å². The molecular weight excluding hydrogens is 575 g/mol. The fourth-order valence-corrected chi connectivity index (χ4v) is 8.19. The van der Waals surface area contributed by atoms with Crippen molar-refractivity contribution in [1.29, 1.82) is 0 Å². The van der Waals surface area contributed by atoms with Crippen LogP contribution < -0.4 is 9.80 Å². The Hall–Kier alpha value is -3.94. The number of anilines is 2. The van der Waals surface area contributed by atoms with Gasteiger partial charge >= 0.3 is 0 Å². The Balaban J connectivity index is 1.38. The van der Waals surface area contributed by atoms with Crippen molar-refractivity contribution in [2.24, 2.45) is 29.1 Å². The van der Waals surface area contributed by atoms with Gasteiger partial charge in [0.15, 0.2) is 0 Å². The van der Waals surface area contributed by atoms with Gasteiger partial charge in [0.1, 0.15) is 5.75 Å². The molecule has 0 radical (unpaired) electrons. The van der Waals surface area contributed by atoms with E-state index in [-0.39, 0.29) is 40.8 Å². The predicted octanol–water partition coefficient (Wildman–Crippen LogP) is 6.13. The van der Waals surface area contributed by atoms with Gasteiger partial charge in [0.2, 0.25) is 23.6 Å². The number of rotatable bonds is 3. The van der Waals surface area contributed by atoms with Crippen LogP contribution in [0.1, 0.15) is 31.2 Å². The summed E-state index contributed by atoms with van der Waals surface area (Å²) >= 11 is 12.8. The lowest BCUT2D eigenvalue weighted by Gasteiger charge is -2.49. The minimum atomic E-state index is -1.20. The molecule has 2 heterocycles. The van der Waals surface area contributed by atoms with Gasteiger partial charge in [0.05, 0.1) is 34.5 Å². The monoisotopic (exact) mass is 600 g/mol. The number of hydrogen-bond acceptors (Lipinski definition) is 5. The van der Waals surface area contributed by atoms with E-state index in [2.05, 4.69) is 0 Å². The van der Waals surface area contributed by atoms with E-state index < -0.39 is 35.0 Å². The molecule has 0 bridgehead atoms. The number of phenols is 1. The van der Waals surface area contributed by atoms with Crippen LogP contribution in [0.25, 0.3) is 0 Å². The van der Waals surface area contributed by atoms with E-state index in [1.54, 1.807) is 61.5 Å². The fourth-order valence-electron chi connectivity index (χ4n) is 7.78. The lowest BCUT2D eigenvalue weighted by atomic mass is 9.51. The van der Waals surface area contributed by atoms with Crippen molar-refractivity contribution < 1.29 is 24.3 Å². The predicted molar refractivity (Wildman–Crippen MR) is 158 cm³/mol. The summed E-state index contributed by atoms with van der Waals surface area (Å²) < 4.78 is 0. The Bertz CT molecular complexity index is 1710. The van der Waals surface area contributed by atoms with Crippen molar-refractivity contribution in [2.45, 2.75) is 25.7 Å². The molecule has 2 saturated heterocycles. The highest BCUT2D eigenvalue weighted by atomic mass is 35.5. The molecule has 4 aliphatic rings. The Kier molecular flexibility index (Phi) is 6.12. The molecule has 2 aliphatic carbocycles. The summed E-state index contributed by atoms with van der Waals surface area (Å²) in [6.07, 6.45) is 2.54. The Labute approximate surface area is 252 Å². The first kappa shape index (κ1) is 26.9. The molecule has 7 rings (SSSR count). The Morgan fingerprint density at radius 2 is 1.50 bits per heavy atom. The van der Waals surface area contributed by atoms with Crippen LogP contribution in [0.3, 0.4) is 0 Å². The molecule has 3 fully saturated rings. The summed E-state index contributed by atoms with van der Waals surface area (Å²) in [6, 6.07) is 20.0. The second-order valence-electron chi connectivity index (χ2n) is 11.7. The van der Waals surface area contributed by atoms with E-state index >= 15 is 0 Å². The number of phenolic OH excluding ortho intramolecular Hbond substituents is 1. The van der Waals surface area contributed by atoms with Crippen LogP contribution in [-0.2, 0) is 19.2 Å². The molecule has 3 aromatic carbocycles. The van der Waals surface area contributed by atoms with E-state index in [1.165, 1.54) is 21.9 Å². The molecule has 9 heteroatoms. The molecule has 0 spiro atoms. The number of aromatic hydroxyl groups is 1. The lowest BCUT2D eigenvalue weighted by Crippen LogP contribution is -2.49. The Morgan fingerprint density at radius 1 is 0.810 bits per heavy atom. The van der Waals surface area contributed by atoms with Gasteiger partial charge in [-0.25, -0.2) is 4.90 Å². The van der Waals surface area contributed by atoms with Gasteiger partial charge in [-0.1, -0.05) is 59.1 Å². The second-order valence-corrected chi connectivity index (χ2v) is 12.5. The van der Waals surface area contributed by atoms with Gasteiger partial charge < -0.3 is 5.11 Å². The topological polar surface area (TPSA) is 95.0 Å². The first-order chi connectivity index (χ1) is 20.1. The van der Waals surface area contributed by atoms with Crippen molar-refractivity contribution in [3.05, 3.63) is 100 Å². The van der Waals surface area contributed by atoms with Crippen LogP contribution in [0.15, 0.2) is 84.4 Å².